The number of furan rings is 1. The summed E-state index contributed by atoms with van der Waals surface area (Å²) in [5.74, 6) is 0. The molecule has 0 bridgehead atoms. The van der Waals surface area contributed by atoms with Gasteiger partial charge in [0.25, 0.3) is 0 Å². The molecule has 0 unspecified atom stereocenters. The first kappa shape index (κ1) is 18.8. The van der Waals surface area contributed by atoms with E-state index in [1.54, 1.807) is 0 Å². The minimum absolute atomic E-state index is 0.0145. The largest absolute Gasteiger partial charge is 0.456 e. The monoisotopic (exact) mass is 633 g/mol. The molecule has 0 aliphatic rings. The van der Waals surface area contributed by atoms with Gasteiger partial charge < -0.3 is 4.42 Å². The molecule has 1 nitrogen and oxygen atoms in total. The zero-order valence-electron chi connectivity index (χ0n) is 36.9. The van der Waals surface area contributed by atoms with Gasteiger partial charge in [-0.15, -0.1) is 0 Å². The van der Waals surface area contributed by atoms with Crippen LogP contribution in [0.5, 0.6) is 0 Å². The van der Waals surface area contributed by atoms with Crippen LogP contribution in [0.4, 0.5) is 0 Å². The fourth-order valence-electron chi connectivity index (χ4n) is 7.13. The highest BCUT2D eigenvalue weighted by atomic mass is 16.3. The first-order valence-corrected chi connectivity index (χ1v) is 16.0. The molecular formula is C48H30O. The normalized spacial score (nSPS) is 14.8. The summed E-state index contributed by atoms with van der Waals surface area (Å²) >= 11 is 0. The van der Waals surface area contributed by atoms with Crippen LogP contribution >= 0.6 is 0 Å². The first-order valence-electron chi connectivity index (χ1n) is 21.5. The second-order valence-corrected chi connectivity index (χ2v) is 11.9. The van der Waals surface area contributed by atoms with Crippen LogP contribution in [0.15, 0.2) is 186 Å². The highest BCUT2D eigenvalue weighted by Crippen LogP contribution is 2.47. The van der Waals surface area contributed by atoms with Crippen molar-refractivity contribution in [1.29, 1.82) is 0 Å². The third-order valence-electron chi connectivity index (χ3n) is 9.24. The summed E-state index contributed by atoms with van der Waals surface area (Å²) in [6.07, 6.45) is 0. The van der Waals surface area contributed by atoms with E-state index in [1.807, 2.05) is 91.0 Å². The fraction of sp³-hybridized carbons (Fsp3) is 0. The quantitative estimate of drug-likeness (QED) is 0.176. The van der Waals surface area contributed by atoms with E-state index >= 15 is 0 Å². The molecule has 10 rings (SSSR count). The predicted molar refractivity (Wildman–Crippen MR) is 208 cm³/mol. The van der Waals surface area contributed by atoms with Crippen LogP contribution in [0.3, 0.4) is 0 Å². The Kier molecular flexibility index (Phi) is 4.25. The molecule has 0 N–H and O–H groups in total. The van der Waals surface area contributed by atoms with Crippen molar-refractivity contribution in [1.82, 2.24) is 0 Å². The van der Waals surface area contributed by atoms with Crippen LogP contribution < -0.4 is 0 Å². The van der Waals surface area contributed by atoms with Gasteiger partial charge in [-0.25, -0.2) is 0 Å². The lowest BCUT2D eigenvalue weighted by Gasteiger charge is -2.19. The smallest absolute Gasteiger partial charge is 0.136 e. The molecule has 0 aliphatic heterocycles. The van der Waals surface area contributed by atoms with Crippen LogP contribution in [0, 0.1) is 0 Å². The molecule has 0 amide bonds. The van der Waals surface area contributed by atoms with E-state index in [2.05, 4.69) is 24.3 Å². The Morgan fingerprint density at radius 3 is 1.86 bits per heavy atom. The Bertz CT molecular complexity index is 3440. The van der Waals surface area contributed by atoms with Gasteiger partial charge in [-0.3, -0.25) is 0 Å². The van der Waals surface area contributed by atoms with E-state index in [0.29, 0.717) is 21.9 Å². The second kappa shape index (κ2) is 11.1. The number of hydrogen-bond acceptors (Lipinski definition) is 1. The molecule has 9 aromatic carbocycles. The molecule has 0 spiro atoms. The lowest BCUT2D eigenvalue weighted by Crippen LogP contribution is -1.92. The third-order valence-corrected chi connectivity index (χ3v) is 9.24. The molecule has 49 heavy (non-hydrogen) atoms. The second-order valence-electron chi connectivity index (χ2n) is 11.9. The van der Waals surface area contributed by atoms with E-state index in [-0.39, 0.29) is 27.5 Å². The zero-order valence-corrected chi connectivity index (χ0v) is 25.9. The van der Waals surface area contributed by atoms with E-state index in [0.717, 1.165) is 49.4 Å². The number of hydrogen-bond donors (Lipinski definition) is 0. The fourth-order valence-corrected chi connectivity index (χ4v) is 7.13. The lowest BCUT2D eigenvalue weighted by atomic mass is 9.84. The van der Waals surface area contributed by atoms with Gasteiger partial charge in [0.15, 0.2) is 0 Å². The van der Waals surface area contributed by atoms with Crippen LogP contribution in [0.1, 0.15) is 15.1 Å². The Hall–Kier alpha value is -6.44. The minimum atomic E-state index is -0.651. The van der Waals surface area contributed by atoms with Gasteiger partial charge in [0.1, 0.15) is 11.2 Å². The number of rotatable bonds is 4. The molecule has 0 fully saturated rings. The van der Waals surface area contributed by atoms with Crippen molar-refractivity contribution in [3.05, 3.63) is 182 Å². The van der Waals surface area contributed by atoms with Gasteiger partial charge in [-0.2, -0.15) is 0 Å². The molecule has 0 saturated heterocycles. The number of benzene rings is 9. The average molecular weight is 634 g/mol. The van der Waals surface area contributed by atoms with Gasteiger partial charge in [0.05, 0.1) is 15.1 Å². The van der Waals surface area contributed by atoms with Crippen molar-refractivity contribution in [2.45, 2.75) is 0 Å². The van der Waals surface area contributed by atoms with Gasteiger partial charge >= 0.3 is 0 Å². The SMILES string of the molecule is [2H]c1c([2H])c(-c2c3ccccc3c(-c3cccc4oc5ccc(-c6ccccc6)cc5c34)c3ccccc23)c([2H])c(-c2c([2H])c([2H])c([2H])c3c([2H])c([2H])c([2H])c([2H])c23)c1[2H]. The Balaban J connectivity index is 1.33. The van der Waals surface area contributed by atoms with Crippen LogP contribution in [-0.4, -0.2) is 0 Å². The maximum absolute atomic E-state index is 9.83. The molecule has 0 saturated carbocycles. The van der Waals surface area contributed by atoms with Gasteiger partial charge in [0, 0.05) is 10.8 Å². The highest BCUT2D eigenvalue weighted by molar-refractivity contribution is 6.26. The molecule has 10 aromatic rings. The molecule has 0 radical (unpaired) electrons. The molecule has 1 aromatic heterocycles. The first-order chi connectivity index (χ1) is 28.9. The van der Waals surface area contributed by atoms with Gasteiger partial charge in [0.2, 0.25) is 0 Å². The van der Waals surface area contributed by atoms with Crippen LogP contribution in [0.2, 0.25) is 0 Å². The van der Waals surface area contributed by atoms with Gasteiger partial charge in [-0.1, -0.05) is 157 Å². The third kappa shape index (κ3) is 4.40. The Morgan fingerprint density at radius 2 is 1.06 bits per heavy atom. The topological polar surface area (TPSA) is 13.1 Å². The van der Waals surface area contributed by atoms with Crippen LogP contribution in [0.25, 0.3) is 98.8 Å². The molecular weight excluding hydrogens is 593 g/mol. The van der Waals surface area contributed by atoms with Crippen molar-refractivity contribution < 1.29 is 19.5 Å². The standard InChI is InChI=1S/C48H30O/c1-2-13-31(14-3-1)33-27-28-44-43(30-33)48-42(25-12-26-45(48)49-44)47-40-22-8-6-20-38(40)46(39-21-7-9-23-41(39)47)35-18-10-17-34(29-35)37-24-11-16-32-15-4-5-19-36(32)37/h1-30H/i4D,5D,10D,11D,15D,16D,17D,18D,19D,24D,29D. The van der Waals surface area contributed by atoms with E-state index in [9.17, 15) is 2.74 Å². The Morgan fingerprint density at radius 1 is 0.388 bits per heavy atom. The summed E-state index contributed by atoms with van der Waals surface area (Å²) in [7, 11) is 0. The van der Waals surface area contributed by atoms with Crippen molar-refractivity contribution in [3.63, 3.8) is 0 Å². The van der Waals surface area contributed by atoms with Crippen molar-refractivity contribution in [2.75, 3.05) is 0 Å². The Labute approximate surface area is 299 Å². The maximum atomic E-state index is 9.83. The van der Waals surface area contributed by atoms with E-state index in [4.69, 9.17) is 16.8 Å². The number of fused-ring (bicyclic) bond motifs is 6. The summed E-state index contributed by atoms with van der Waals surface area (Å²) in [4.78, 5) is 0. The van der Waals surface area contributed by atoms with Crippen LogP contribution in [-0.2, 0) is 0 Å². The lowest BCUT2D eigenvalue weighted by molar-refractivity contribution is 0.669. The molecule has 228 valence electrons. The summed E-state index contributed by atoms with van der Waals surface area (Å²) in [5, 5.41) is 4.07. The molecule has 0 atom stereocenters. The highest BCUT2D eigenvalue weighted by Gasteiger charge is 2.21. The van der Waals surface area contributed by atoms with Crippen molar-refractivity contribution >= 4 is 54.3 Å². The van der Waals surface area contributed by atoms with E-state index in [1.165, 1.54) is 0 Å². The van der Waals surface area contributed by atoms with E-state index < -0.39 is 66.5 Å². The maximum Gasteiger partial charge on any atom is 0.136 e. The summed E-state index contributed by atoms with van der Waals surface area (Å²) in [6.45, 7) is 0. The predicted octanol–water partition coefficient (Wildman–Crippen LogP) is 13.7. The molecule has 0 aliphatic carbocycles. The summed E-state index contributed by atoms with van der Waals surface area (Å²) in [5.41, 5.74) is 5.06. The zero-order chi connectivity index (χ0) is 41.9. The summed E-state index contributed by atoms with van der Waals surface area (Å²) in [6, 6.07) is 31.1. The molecule has 1 heterocycles. The van der Waals surface area contributed by atoms with Crippen molar-refractivity contribution in [3.8, 4) is 44.5 Å². The average Bonchev–Trinajstić information content (AvgIpc) is 3.65. The summed E-state index contributed by atoms with van der Waals surface area (Å²) < 4.78 is 105. The minimum Gasteiger partial charge on any atom is -0.456 e. The van der Waals surface area contributed by atoms with Gasteiger partial charge in [-0.05, 0) is 101 Å². The molecule has 1 heteroatoms. The van der Waals surface area contributed by atoms with Crippen molar-refractivity contribution in [2.24, 2.45) is 0 Å².